The Bertz CT molecular complexity index is 310. The molecule has 0 radical (unpaired) electrons. The average Bonchev–Trinajstić information content (AvgIpc) is 2.45. The van der Waals surface area contributed by atoms with Crippen LogP contribution in [0.5, 0.6) is 0 Å². The molecule has 0 aromatic carbocycles. The van der Waals surface area contributed by atoms with Gasteiger partial charge in [0.15, 0.2) is 0 Å². The fourth-order valence-electron chi connectivity index (χ4n) is 3.85. The predicted octanol–water partition coefficient (Wildman–Crippen LogP) is 0.742. The van der Waals surface area contributed by atoms with Crippen molar-refractivity contribution in [2.24, 2.45) is 0 Å². The molecule has 2 saturated heterocycles. The van der Waals surface area contributed by atoms with Crippen LogP contribution in [0.15, 0.2) is 0 Å². The Kier molecular flexibility index (Phi) is 5.81. The molecular formula is C15H29N3O2. The molecule has 2 rings (SSSR count). The summed E-state index contributed by atoms with van der Waals surface area (Å²) in [7, 11) is 3.71. The molecule has 2 bridgehead atoms. The summed E-state index contributed by atoms with van der Waals surface area (Å²) in [5.74, 6) is 0.141. The Hall–Kier alpha value is -0.650. The van der Waals surface area contributed by atoms with E-state index in [0.717, 1.165) is 0 Å². The molecule has 2 N–H and O–H groups in total. The van der Waals surface area contributed by atoms with Crippen molar-refractivity contribution in [1.29, 1.82) is 0 Å². The van der Waals surface area contributed by atoms with Crippen molar-refractivity contribution in [1.82, 2.24) is 15.5 Å². The highest BCUT2D eigenvalue weighted by Gasteiger charge is 2.41. The molecule has 0 aromatic rings. The Morgan fingerprint density at radius 3 is 2.55 bits per heavy atom. The first-order chi connectivity index (χ1) is 9.67. The van der Waals surface area contributed by atoms with Gasteiger partial charge < -0.3 is 15.4 Å². The van der Waals surface area contributed by atoms with E-state index in [2.05, 4.69) is 22.6 Å². The number of carbonyl (C=O) groups excluding carboxylic acids is 1. The monoisotopic (exact) mass is 283 g/mol. The topological polar surface area (TPSA) is 53.6 Å². The lowest BCUT2D eigenvalue weighted by atomic mass is 9.80. The van der Waals surface area contributed by atoms with Crippen LogP contribution in [0, 0.1) is 0 Å². The minimum atomic E-state index is -0.0278. The Morgan fingerprint density at radius 2 is 2.00 bits per heavy atom. The molecule has 2 aliphatic heterocycles. The van der Waals surface area contributed by atoms with Crippen molar-refractivity contribution >= 4 is 5.91 Å². The molecule has 0 spiro atoms. The summed E-state index contributed by atoms with van der Waals surface area (Å²) in [6, 6.07) is 1.71. The standard InChI is InChI=1S/C15H29N3O2/c1-11(15(19)17-7-8-20-3)18-13-5-4-6-14(18)10-12(9-13)16-2/h11-14,16H,4-10H2,1-3H3,(H,17,19). The molecule has 0 aromatic heterocycles. The average molecular weight is 283 g/mol. The lowest BCUT2D eigenvalue weighted by Crippen LogP contribution is -2.61. The number of fused-ring (bicyclic) bond motifs is 2. The summed E-state index contributed by atoms with van der Waals surface area (Å²) in [5, 5.41) is 6.39. The Morgan fingerprint density at radius 1 is 1.35 bits per heavy atom. The van der Waals surface area contributed by atoms with Crippen LogP contribution in [-0.2, 0) is 9.53 Å². The highest BCUT2D eigenvalue weighted by molar-refractivity contribution is 5.81. The van der Waals surface area contributed by atoms with Gasteiger partial charge in [-0.2, -0.15) is 0 Å². The van der Waals surface area contributed by atoms with Crippen LogP contribution in [0.3, 0.4) is 0 Å². The fraction of sp³-hybridized carbons (Fsp3) is 0.933. The lowest BCUT2D eigenvalue weighted by Gasteiger charge is -2.51. The molecular weight excluding hydrogens is 254 g/mol. The van der Waals surface area contributed by atoms with Crippen molar-refractivity contribution in [3.63, 3.8) is 0 Å². The number of hydrogen-bond donors (Lipinski definition) is 2. The molecule has 3 atom stereocenters. The summed E-state index contributed by atoms with van der Waals surface area (Å²) in [6.45, 7) is 3.22. The van der Waals surface area contributed by atoms with Gasteiger partial charge in [-0.15, -0.1) is 0 Å². The molecule has 116 valence electrons. The molecule has 20 heavy (non-hydrogen) atoms. The maximum Gasteiger partial charge on any atom is 0.237 e. The maximum absolute atomic E-state index is 12.3. The molecule has 0 saturated carbocycles. The van der Waals surface area contributed by atoms with Gasteiger partial charge in [0, 0.05) is 31.8 Å². The van der Waals surface area contributed by atoms with E-state index in [-0.39, 0.29) is 11.9 Å². The molecule has 3 unspecified atom stereocenters. The van der Waals surface area contributed by atoms with Gasteiger partial charge in [-0.05, 0) is 39.7 Å². The molecule has 2 heterocycles. The third-order valence-electron chi connectivity index (χ3n) is 4.87. The molecule has 2 fully saturated rings. The number of nitrogens with zero attached hydrogens (tertiary/aromatic N) is 1. The number of amides is 1. The van der Waals surface area contributed by atoms with E-state index in [1.54, 1.807) is 7.11 Å². The minimum Gasteiger partial charge on any atom is -0.383 e. The second-order valence-electron chi connectivity index (χ2n) is 6.10. The van der Waals surface area contributed by atoms with Crippen LogP contribution >= 0.6 is 0 Å². The van der Waals surface area contributed by atoms with Gasteiger partial charge in [-0.25, -0.2) is 0 Å². The van der Waals surface area contributed by atoms with E-state index in [0.29, 0.717) is 31.3 Å². The zero-order valence-corrected chi connectivity index (χ0v) is 13.0. The largest absolute Gasteiger partial charge is 0.383 e. The first-order valence-corrected chi connectivity index (χ1v) is 7.88. The van der Waals surface area contributed by atoms with Crippen LogP contribution < -0.4 is 10.6 Å². The van der Waals surface area contributed by atoms with E-state index < -0.39 is 0 Å². The third kappa shape index (κ3) is 3.51. The summed E-state index contributed by atoms with van der Waals surface area (Å²) in [5.41, 5.74) is 0. The quantitative estimate of drug-likeness (QED) is 0.706. The van der Waals surface area contributed by atoms with E-state index >= 15 is 0 Å². The lowest BCUT2D eigenvalue weighted by molar-refractivity contribution is -0.130. The molecule has 5 nitrogen and oxygen atoms in total. The number of piperidine rings is 2. The Balaban J connectivity index is 1.94. The number of methoxy groups -OCH3 is 1. The molecule has 1 amide bonds. The summed E-state index contributed by atoms with van der Waals surface area (Å²) in [6.07, 6.45) is 6.10. The van der Waals surface area contributed by atoms with Gasteiger partial charge in [0.25, 0.3) is 0 Å². The molecule has 5 heteroatoms. The summed E-state index contributed by atoms with van der Waals surface area (Å²) < 4.78 is 4.98. The molecule has 2 aliphatic rings. The number of ether oxygens (including phenoxy) is 1. The number of carbonyl (C=O) groups is 1. The highest BCUT2D eigenvalue weighted by atomic mass is 16.5. The van der Waals surface area contributed by atoms with Crippen molar-refractivity contribution in [2.45, 2.75) is 63.2 Å². The third-order valence-corrected chi connectivity index (χ3v) is 4.87. The van der Waals surface area contributed by atoms with Crippen LogP contribution in [0.2, 0.25) is 0 Å². The van der Waals surface area contributed by atoms with Gasteiger partial charge >= 0.3 is 0 Å². The first kappa shape index (κ1) is 15.7. The van der Waals surface area contributed by atoms with Crippen molar-refractivity contribution in [3.05, 3.63) is 0 Å². The van der Waals surface area contributed by atoms with Gasteiger partial charge in [0.1, 0.15) is 0 Å². The smallest absolute Gasteiger partial charge is 0.237 e. The summed E-state index contributed by atoms with van der Waals surface area (Å²) >= 11 is 0. The van der Waals surface area contributed by atoms with Crippen molar-refractivity contribution in [3.8, 4) is 0 Å². The Labute approximate surface area is 122 Å². The van der Waals surface area contributed by atoms with E-state index in [4.69, 9.17) is 4.74 Å². The van der Waals surface area contributed by atoms with Crippen LogP contribution in [-0.4, -0.2) is 62.3 Å². The van der Waals surface area contributed by atoms with Crippen molar-refractivity contribution < 1.29 is 9.53 Å². The maximum atomic E-state index is 12.3. The first-order valence-electron chi connectivity index (χ1n) is 7.88. The zero-order valence-electron chi connectivity index (χ0n) is 13.0. The van der Waals surface area contributed by atoms with Crippen molar-refractivity contribution in [2.75, 3.05) is 27.3 Å². The van der Waals surface area contributed by atoms with Gasteiger partial charge in [0.2, 0.25) is 5.91 Å². The van der Waals surface area contributed by atoms with Crippen LogP contribution in [0.25, 0.3) is 0 Å². The van der Waals surface area contributed by atoms with E-state index in [9.17, 15) is 4.79 Å². The summed E-state index contributed by atoms with van der Waals surface area (Å²) in [4.78, 5) is 14.7. The SMILES string of the molecule is CNC1CC2CCCC(C1)N2C(C)C(=O)NCCOC. The number of rotatable bonds is 6. The van der Waals surface area contributed by atoms with Gasteiger partial charge in [0.05, 0.1) is 12.6 Å². The zero-order chi connectivity index (χ0) is 14.5. The van der Waals surface area contributed by atoms with Gasteiger partial charge in [-0.3, -0.25) is 9.69 Å². The molecule has 0 aliphatic carbocycles. The normalized spacial score (nSPS) is 31.9. The van der Waals surface area contributed by atoms with Crippen LogP contribution in [0.1, 0.15) is 39.0 Å². The van der Waals surface area contributed by atoms with E-state index in [1.165, 1.54) is 32.1 Å². The fourth-order valence-corrected chi connectivity index (χ4v) is 3.85. The minimum absolute atomic E-state index is 0.0278. The highest BCUT2D eigenvalue weighted by Crippen LogP contribution is 2.35. The second-order valence-corrected chi connectivity index (χ2v) is 6.10. The van der Waals surface area contributed by atoms with E-state index in [1.807, 2.05) is 6.92 Å². The predicted molar refractivity (Wildman–Crippen MR) is 79.7 cm³/mol. The van der Waals surface area contributed by atoms with Gasteiger partial charge in [-0.1, -0.05) is 6.42 Å². The second kappa shape index (κ2) is 7.38. The number of nitrogens with one attached hydrogen (secondary N) is 2. The van der Waals surface area contributed by atoms with Crippen LogP contribution in [0.4, 0.5) is 0 Å². The number of hydrogen-bond acceptors (Lipinski definition) is 4.